The van der Waals surface area contributed by atoms with Gasteiger partial charge < -0.3 is 5.32 Å². The van der Waals surface area contributed by atoms with E-state index >= 15 is 0 Å². The molecule has 0 atom stereocenters. The molecule has 2 nitrogen and oxygen atoms in total. The number of nitrogens with zero attached hydrogens (tertiary/aromatic N) is 1. The Labute approximate surface area is 119 Å². The average Bonchev–Trinajstić information content (AvgIpc) is 2.27. The number of hydrogen-bond acceptors (Lipinski definition) is 2. The van der Waals surface area contributed by atoms with Crippen LogP contribution in [0, 0.1) is 0 Å². The molecule has 0 aliphatic rings. The second kappa shape index (κ2) is 5.24. The lowest BCUT2D eigenvalue weighted by atomic mass is 9.70. The zero-order valence-corrected chi connectivity index (χ0v) is 13.9. The molecule has 0 aromatic carbocycles. The summed E-state index contributed by atoms with van der Waals surface area (Å²) in [6, 6.07) is 4.39. The Morgan fingerprint density at radius 3 is 1.95 bits per heavy atom. The molecule has 1 N–H and O–H groups in total. The van der Waals surface area contributed by atoms with E-state index < -0.39 is 0 Å². The Hall–Kier alpha value is -0.890. The number of nitrogens with one attached hydrogen (secondary N) is 1. The van der Waals surface area contributed by atoms with E-state index in [0.717, 1.165) is 12.2 Å². The Morgan fingerprint density at radius 1 is 1.00 bits per heavy atom. The van der Waals surface area contributed by atoms with Gasteiger partial charge in [0, 0.05) is 28.3 Å². The summed E-state index contributed by atoms with van der Waals surface area (Å²) in [7, 11) is 0. The third-order valence-electron chi connectivity index (χ3n) is 4.43. The maximum atomic E-state index is 4.66. The summed E-state index contributed by atoms with van der Waals surface area (Å²) >= 11 is 0. The minimum atomic E-state index is 0.0342. The van der Waals surface area contributed by atoms with Crippen molar-refractivity contribution in [2.75, 3.05) is 6.54 Å². The van der Waals surface area contributed by atoms with Crippen molar-refractivity contribution in [1.82, 2.24) is 10.3 Å². The van der Waals surface area contributed by atoms with E-state index in [9.17, 15) is 0 Å². The Kier molecular flexibility index (Phi) is 4.46. The van der Waals surface area contributed by atoms with Gasteiger partial charge in [-0.1, -0.05) is 47.6 Å². The molecule has 1 rings (SSSR count). The van der Waals surface area contributed by atoms with Crippen molar-refractivity contribution in [3.63, 3.8) is 0 Å². The molecule has 0 saturated heterocycles. The molecule has 0 saturated carbocycles. The molecule has 0 aliphatic carbocycles. The Morgan fingerprint density at radius 2 is 1.58 bits per heavy atom. The van der Waals surface area contributed by atoms with Crippen LogP contribution in [0.15, 0.2) is 18.3 Å². The largest absolute Gasteiger partial charge is 0.311 e. The standard InChI is InChI=1S/C17H30N2/c1-9-19-17(7,8)16(5,6)13-10-11-14(18-12-13)15(2,3)4/h10-12,19H,9H2,1-8H3. The quantitative estimate of drug-likeness (QED) is 0.885. The predicted octanol–water partition coefficient (Wildman–Crippen LogP) is 4.04. The van der Waals surface area contributed by atoms with Gasteiger partial charge in [-0.3, -0.25) is 4.98 Å². The number of likely N-dealkylation sites (N-methyl/N-ethyl adjacent to an activating group) is 1. The van der Waals surface area contributed by atoms with Gasteiger partial charge in [0.1, 0.15) is 0 Å². The van der Waals surface area contributed by atoms with Crippen molar-refractivity contribution < 1.29 is 0 Å². The van der Waals surface area contributed by atoms with Crippen LogP contribution in [0.5, 0.6) is 0 Å². The predicted molar refractivity (Wildman–Crippen MR) is 83.7 cm³/mol. The summed E-state index contributed by atoms with van der Waals surface area (Å²) in [6.45, 7) is 18.8. The molecule has 19 heavy (non-hydrogen) atoms. The third kappa shape index (κ3) is 3.36. The van der Waals surface area contributed by atoms with Crippen molar-refractivity contribution in [2.45, 2.75) is 71.8 Å². The molecule has 0 bridgehead atoms. The molecular weight excluding hydrogens is 232 g/mol. The zero-order valence-electron chi connectivity index (χ0n) is 13.9. The molecule has 1 heterocycles. The van der Waals surface area contributed by atoms with Crippen LogP contribution in [0.1, 0.15) is 66.6 Å². The molecule has 108 valence electrons. The fourth-order valence-electron chi connectivity index (χ4n) is 2.23. The first-order chi connectivity index (χ1) is 8.52. The van der Waals surface area contributed by atoms with Crippen molar-refractivity contribution >= 4 is 0 Å². The fraction of sp³-hybridized carbons (Fsp3) is 0.706. The highest BCUT2D eigenvalue weighted by Crippen LogP contribution is 2.35. The van der Waals surface area contributed by atoms with Crippen molar-refractivity contribution in [3.8, 4) is 0 Å². The number of rotatable bonds is 4. The van der Waals surface area contributed by atoms with E-state index in [4.69, 9.17) is 0 Å². The molecule has 1 aromatic rings. The Balaban J connectivity index is 3.09. The van der Waals surface area contributed by atoms with Gasteiger partial charge in [-0.2, -0.15) is 0 Å². The van der Waals surface area contributed by atoms with Crippen LogP contribution in [-0.2, 0) is 10.8 Å². The molecule has 0 spiro atoms. The van der Waals surface area contributed by atoms with E-state index in [-0.39, 0.29) is 16.4 Å². The second-order valence-electron chi connectivity index (χ2n) is 7.46. The van der Waals surface area contributed by atoms with Crippen LogP contribution in [0.3, 0.4) is 0 Å². The lowest BCUT2D eigenvalue weighted by Gasteiger charge is -2.43. The average molecular weight is 262 g/mol. The van der Waals surface area contributed by atoms with E-state index in [1.54, 1.807) is 0 Å². The first-order valence-corrected chi connectivity index (χ1v) is 7.24. The van der Waals surface area contributed by atoms with E-state index in [2.05, 4.69) is 77.8 Å². The highest BCUT2D eigenvalue weighted by Gasteiger charge is 2.38. The summed E-state index contributed by atoms with van der Waals surface area (Å²) in [5, 5.41) is 3.58. The van der Waals surface area contributed by atoms with Gasteiger partial charge >= 0.3 is 0 Å². The van der Waals surface area contributed by atoms with Gasteiger partial charge in [-0.05, 0) is 32.0 Å². The third-order valence-corrected chi connectivity index (χ3v) is 4.43. The zero-order chi connectivity index (χ0) is 14.9. The van der Waals surface area contributed by atoms with Crippen LogP contribution >= 0.6 is 0 Å². The van der Waals surface area contributed by atoms with Gasteiger partial charge in [0.25, 0.3) is 0 Å². The van der Waals surface area contributed by atoms with Crippen molar-refractivity contribution in [1.29, 1.82) is 0 Å². The molecule has 0 amide bonds. The van der Waals surface area contributed by atoms with Crippen LogP contribution in [0.2, 0.25) is 0 Å². The smallest absolute Gasteiger partial charge is 0.0457 e. The van der Waals surface area contributed by atoms with Gasteiger partial charge in [0.05, 0.1) is 0 Å². The highest BCUT2D eigenvalue weighted by molar-refractivity contribution is 5.28. The van der Waals surface area contributed by atoms with E-state index in [0.29, 0.717) is 0 Å². The summed E-state index contributed by atoms with van der Waals surface area (Å²) in [5.41, 5.74) is 2.61. The van der Waals surface area contributed by atoms with Gasteiger partial charge in [0.15, 0.2) is 0 Å². The van der Waals surface area contributed by atoms with Crippen molar-refractivity contribution in [3.05, 3.63) is 29.6 Å². The minimum Gasteiger partial charge on any atom is -0.311 e. The number of hydrogen-bond donors (Lipinski definition) is 1. The minimum absolute atomic E-state index is 0.0342. The van der Waals surface area contributed by atoms with Crippen LogP contribution in [-0.4, -0.2) is 17.1 Å². The SMILES string of the molecule is CCNC(C)(C)C(C)(C)c1ccc(C(C)(C)C)nc1. The summed E-state index contributed by atoms with van der Waals surface area (Å²) in [4.78, 5) is 4.66. The molecule has 0 aliphatic heterocycles. The van der Waals surface area contributed by atoms with Gasteiger partial charge in [-0.15, -0.1) is 0 Å². The van der Waals surface area contributed by atoms with Gasteiger partial charge in [0.2, 0.25) is 0 Å². The first kappa shape index (κ1) is 16.2. The maximum Gasteiger partial charge on any atom is 0.0457 e. The maximum absolute atomic E-state index is 4.66. The second-order valence-corrected chi connectivity index (χ2v) is 7.46. The monoisotopic (exact) mass is 262 g/mol. The fourth-order valence-corrected chi connectivity index (χ4v) is 2.23. The molecule has 1 aromatic heterocycles. The summed E-state index contributed by atoms with van der Waals surface area (Å²) in [6.07, 6.45) is 2.04. The lowest BCUT2D eigenvalue weighted by Crippen LogP contribution is -2.53. The Bertz CT molecular complexity index is 408. The molecular formula is C17H30N2. The normalized spacial score (nSPS) is 13.7. The first-order valence-electron chi connectivity index (χ1n) is 7.24. The van der Waals surface area contributed by atoms with Gasteiger partial charge in [-0.25, -0.2) is 0 Å². The summed E-state index contributed by atoms with van der Waals surface area (Å²) < 4.78 is 0. The van der Waals surface area contributed by atoms with Crippen LogP contribution in [0.25, 0.3) is 0 Å². The summed E-state index contributed by atoms with van der Waals surface area (Å²) in [5.74, 6) is 0. The molecule has 0 fully saturated rings. The number of pyridine rings is 1. The van der Waals surface area contributed by atoms with E-state index in [1.807, 2.05) is 6.20 Å². The van der Waals surface area contributed by atoms with Crippen LogP contribution < -0.4 is 5.32 Å². The lowest BCUT2D eigenvalue weighted by molar-refractivity contribution is 0.242. The topological polar surface area (TPSA) is 24.9 Å². The van der Waals surface area contributed by atoms with E-state index in [1.165, 1.54) is 5.56 Å². The van der Waals surface area contributed by atoms with Crippen molar-refractivity contribution in [2.24, 2.45) is 0 Å². The molecule has 0 unspecified atom stereocenters. The molecule has 2 heteroatoms. The number of aromatic nitrogens is 1. The van der Waals surface area contributed by atoms with Crippen LogP contribution in [0.4, 0.5) is 0 Å². The highest BCUT2D eigenvalue weighted by atomic mass is 15.0. The molecule has 0 radical (unpaired) electrons.